The highest BCUT2D eigenvalue weighted by molar-refractivity contribution is 5.94. The molecule has 0 fully saturated rings. The second-order valence-electron chi connectivity index (χ2n) is 7.62. The number of phenols is 1. The molecule has 33 heavy (non-hydrogen) atoms. The van der Waals surface area contributed by atoms with Crippen LogP contribution in [0.5, 0.6) is 5.75 Å². The van der Waals surface area contributed by atoms with E-state index in [1.807, 2.05) is 6.92 Å². The van der Waals surface area contributed by atoms with E-state index in [1.54, 1.807) is 6.92 Å². The molecule has 4 unspecified atom stereocenters. The standard InChI is InChI=1S/C21H30N4O8/c1-3-11(2)18(22)20(31)23-10-16(27)24-14(9-17(28)29)19(30)25-15(21(32)33)8-12-4-6-13(26)7-5-12/h4-7,11,14-15,18,26H,3,8-10,22H2,1-2H3,(H,23,31)(H,24,27)(H,25,30)(H,28,29)(H,32,33). The van der Waals surface area contributed by atoms with Gasteiger partial charge in [-0.25, -0.2) is 4.79 Å². The molecule has 1 rings (SSSR count). The highest BCUT2D eigenvalue weighted by Crippen LogP contribution is 2.12. The van der Waals surface area contributed by atoms with Crippen LogP contribution in [-0.4, -0.2) is 69.7 Å². The van der Waals surface area contributed by atoms with Gasteiger partial charge in [-0.05, 0) is 23.6 Å². The van der Waals surface area contributed by atoms with Crippen molar-refractivity contribution in [2.45, 2.75) is 51.2 Å². The maximum atomic E-state index is 12.5. The minimum Gasteiger partial charge on any atom is -0.508 e. The van der Waals surface area contributed by atoms with Gasteiger partial charge in [0.2, 0.25) is 17.7 Å². The Balaban J connectivity index is 2.78. The van der Waals surface area contributed by atoms with E-state index in [9.17, 15) is 34.2 Å². The number of amides is 3. The number of aromatic hydroxyl groups is 1. The van der Waals surface area contributed by atoms with Gasteiger partial charge >= 0.3 is 11.9 Å². The molecule has 12 heteroatoms. The molecule has 3 amide bonds. The van der Waals surface area contributed by atoms with Crippen molar-refractivity contribution in [3.8, 4) is 5.75 Å². The van der Waals surface area contributed by atoms with Crippen LogP contribution < -0.4 is 21.7 Å². The van der Waals surface area contributed by atoms with E-state index in [2.05, 4.69) is 16.0 Å². The first-order valence-corrected chi connectivity index (χ1v) is 10.3. The number of hydrogen-bond acceptors (Lipinski definition) is 7. The minimum absolute atomic E-state index is 0.0175. The van der Waals surface area contributed by atoms with Crippen molar-refractivity contribution in [1.82, 2.24) is 16.0 Å². The summed E-state index contributed by atoms with van der Waals surface area (Å²) in [7, 11) is 0. The lowest BCUT2D eigenvalue weighted by Gasteiger charge is -2.21. The molecule has 4 atom stereocenters. The summed E-state index contributed by atoms with van der Waals surface area (Å²) in [6.45, 7) is 3.09. The summed E-state index contributed by atoms with van der Waals surface area (Å²) in [5.41, 5.74) is 6.27. The Bertz CT molecular complexity index is 858. The molecule has 0 spiro atoms. The molecule has 0 saturated heterocycles. The molecule has 0 aromatic heterocycles. The van der Waals surface area contributed by atoms with Crippen molar-refractivity contribution in [3.63, 3.8) is 0 Å². The van der Waals surface area contributed by atoms with Gasteiger partial charge < -0.3 is 37.0 Å². The fraction of sp³-hybridized carbons (Fsp3) is 0.476. The van der Waals surface area contributed by atoms with Gasteiger partial charge in [-0.2, -0.15) is 0 Å². The van der Waals surface area contributed by atoms with Crippen molar-refractivity contribution in [1.29, 1.82) is 0 Å². The second-order valence-corrected chi connectivity index (χ2v) is 7.62. The Morgan fingerprint density at radius 3 is 2.09 bits per heavy atom. The summed E-state index contributed by atoms with van der Waals surface area (Å²) in [5.74, 6) is -5.34. The second kappa shape index (κ2) is 13.0. The van der Waals surface area contributed by atoms with E-state index < -0.39 is 60.8 Å². The number of carbonyl (C=O) groups excluding carboxylic acids is 3. The Labute approximate surface area is 190 Å². The highest BCUT2D eigenvalue weighted by Gasteiger charge is 2.29. The average molecular weight is 466 g/mol. The third-order valence-electron chi connectivity index (χ3n) is 5.00. The first kappa shape index (κ1) is 27.4. The predicted octanol–water partition coefficient (Wildman–Crippen LogP) is -1.05. The topological polar surface area (TPSA) is 208 Å². The molecule has 12 nitrogen and oxygen atoms in total. The van der Waals surface area contributed by atoms with Gasteiger partial charge in [0.25, 0.3) is 0 Å². The lowest BCUT2D eigenvalue weighted by molar-refractivity contribution is -0.143. The van der Waals surface area contributed by atoms with Crippen LogP contribution in [0.3, 0.4) is 0 Å². The molecule has 0 saturated carbocycles. The normalized spacial score (nSPS) is 14.3. The number of nitrogens with two attached hydrogens (primary N) is 1. The summed E-state index contributed by atoms with van der Waals surface area (Å²) < 4.78 is 0. The number of carbonyl (C=O) groups is 5. The Morgan fingerprint density at radius 1 is 0.970 bits per heavy atom. The van der Waals surface area contributed by atoms with Crippen molar-refractivity contribution < 1.29 is 39.3 Å². The van der Waals surface area contributed by atoms with Gasteiger partial charge in [0.05, 0.1) is 19.0 Å². The molecule has 0 heterocycles. The number of carboxylic acids is 2. The van der Waals surface area contributed by atoms with E-state index in [-0.39, 0.29) is 18.1 Å². The summed E-state index contributed by atoms with van der Waals surface area (Å²) in [6, 6.07) is 1.83. The third-order valence-corrected chi connectivity index (χ3v) is 5.00. The number of phenolic OH excluding ortho intramolecular Hbond substituents is 1. The number of carboxylic acid groups (broad SMARTS) is 2. The van der Waals surface area contributed by atoms with Crippen molar-refractivity contribution in [2.75, 3.05) is 6.54 Å². The summed E-state index contributed by atoms with van der Waals surface area (Å²) in [5, 5.41) is 34.5. The van der Waals surface area contributed by atoms with Crippen molar-refractivity contribution in [3.05, 3.63) is 29.8 Å². The summed E-state index contributed by atoms with van der Waals surface area (Å²) >= 11 is 0. The van der Waals surface area contributed by atoms with Gasteiger partial charge in [-0.15, -0.1) is 0 Å². The van der Waals surface area contributed by atoms with Gasteiger partial charge in [0.1, 0.15) is 17.8 Å². The summed E-state index contributed by atoms with van der Waals surface area (Å²) in [4.78, 5) is 59.4. The summed E-state index contributed by atoms with van der Waals surface area (Å²) in [6.07, 6.45) is -0.293. The molecule has 0 radical (unpaired) electrons. The van der Waals surface area contributed by atoms with E-state index in [0.717, 1.165) is 0 Å². The molecular formula is C21H30N4O8. The fourth-order valence-electron chi connectivity index (χ4n) is 2.77. The molecule has 8 N–H and O–H groups in total. The van der Waals surface area contributed by atoms with Crippen LogP contribution in [0.1, 0.15) is 32.3 Å². The van der Waals surface area contributed by atoms with Gasteiger partial charge in [0, 0.05) is 6.42 Å². The zero-order valence-corrected chi connectivity index (χ0v) is 18.4. The zero-order chi connectivity index (χ0) is 25.1. The molecular weight excluding hydrogens is 436 g/mol. The SMILES string of the molecule is CCC(C)C(N)C(=O)NCC(=O)NC(CC(=O)O)C(=O)NC(Cc1ccc(O)cc1)C(=O)O. The lowest BCUT2D eigenvalue weighted by atomic mass is 9.99. The Kier molecular flexibility index (Phi) is 10.8. The van der Waals surface area contributed by atoms with Gasteiger partial charge in [-0.3, -0.25) is 19.2 Å². The highest BCUT2D eigenvalue weighted by atomic mass is 16.4. The van der Waals surface area contributed by atoms with E-state index >= 15 is 0 Å². The van der Waals surface area contributed by atoms with Crippen LogP contribution in [0, 0.1) is 5.92 Å². The monoisotopic (exact) mass is 466 g/mol. The first-order valence-electron chi connectivity index (χ1n) is 10.3. The molecule has 0 aliphatic rings. The minimum atomic E-state index is -1.57. The third kappa shape index (κ3) is 9.56. The lowest BCUT2D eigenvalue weighted by Crippen LogP contribution is -2.55. The predicted molar refractivity (Wildman–Crippen MR) is 116 cm³/mol. The number of hydrogen-bond donors (Lipinski definition) is 7. The number of nitrogens with one attached hydrogen (secondary N) is 3. The Hall–Kier alpha value is -3.67. The van der Waals surface area contributed by atoms with E-state index in [4.69, 9.17) is 10.8 Å². The molecule has 1 aromatic carbocycles. The van der Waals surface area contributed by atoms with Crippen LogP contribution in [0.25, 0.3) is 0 Å². The molecule has 182 valence electrons. The number of benzene rings is 1. The molecule has 0 aliphatic heterocycles. The van der Waals surface area contributed by atoms with Gasteiger partial charge in [-0.1, -0.05) is 32.4 Å². The van der Waals surface area contributed by atoms with E-state index in [0.29, 0.717) is 12.0 Å². The molecule has 0 bridgehead atoms. The van der Waals surface area contributed by atoms with Crippen molar-refractivity contribution >= 4 is 29.7 Å². The smallest absolute Gasteiger partial charge is 0.326 e. The van der Waals surface area contributed by atoms with E-state index in [1.165, 1.54) is 24.3 Å². The zero-order valence-electron chi connectivity index (χ0n) is 18.4. The number of aliphatic carboxylic acids is 2. The van der Waals surface area contributed by atoms with Crippen LogP contribution in [0.4, 0.5) is 0 Å². The Morgan fingerprint density at radius 2 is 1.58 bits per heavy atom. The maximum absolute atomic E-state index is 12.5. The first-order chi connectivity index (χ1) is 15.4. The van der Waals surface area contributed by atoms with Crippen LogP contribution in [0.2, 0.25) is 0 Å². The van der Waals surface area contributed by atoms with Gasteiger partial charge in [0.15, 0.2) is 0 Å². The quantitative estimate of drug-likeness (QED) is 0.189. The van der Waals surface area contributed by atoms with Crippen LogP contribution in [-0.2, 0) is 30.4 Å². The molecule has 0 aliphatic carbocycles. The maximum Gasteiger partial charge on any atom is 0.326 e. The van der Waals surface area contributed by atoms with Crippen LogP contribution in [0.15, 0.2) is 24.3 Å². The van der Waals surface area contributed by atoms with Crippen LogP contribution >= 0.6 is 0 Å². The van der Waals surface area contributed by atoms with Crippen molar-refractivity contribution in [2.24, 2.45) is 11.7 Å². The largest absolute Gasteiger partial charge is 0.508 e. The fourth-order valence-corrected chi connectivity index (χ4v) is 2.77. The number of rotatable bonds is 13. The average Bonchev–Trinajstić information content (AvgIpc) is 2.76. The molecule has 1 aromatic rings.